The van der Waals surface area contributed by atoms with E-state index in [2.05, 4.69) is 10.1 Å². The number of aromatic nitrogens is 3. The molecule has 1 fully saturated rings. The third kappa shape index (κ3) is 3.70. The van der Waals surface area contributed by atoms with E-state index in [4.69, 9.17) is 16.3 Å². The highest BCUT2D eigenvalue weighted by atomic mass is 35.5. The molecule has 2 aromatic rings. The van der Waals surface area contributed by atoms with Gasteiger partial charge in [0.25, 0.3) is 5.91 Å². The van der Waals surface area contributed by atoms with Gasteiger partial charge in [-0.2, -0.15) is 5.10 Å². The average Bonchev–Trinajstić information content (AvgIpc) is 3.11. The SMILES string of the molecule is CC(C)(Oc1ccc(Cl)cc1)C(=O)N1CCC(n2cncn2)CC1. The number of hydrogen-bond acceptors (Lipinski definition) is 4. The maximum Gasteiger partial charge on any atom is 0.266 e. The molecular weight excluding hydrogens is 328 g/mol. The second-order valence-corrected chi connectivity index (χ2v) is 6.90. The molecule has 0 radical (unpaired) electrons. The lowest BCUT2D eigenvalue weighted by Gasteiger charge is -2.36. The number of piperidine rings is 1. The van der Waals surface area contributed by atoms with Crippen LogP contribution < -0.4 is 4.74 Å². The molecule has 1 amide bonds. The predicted octanol–water partition coefficient (Wildman–Crippen LogP) is 2.95. The molecule has 0 spiro atoms. The Balaban J connectivity index is 1.60. The third-order valence-corrected chi connectivity index (χ3v) is 4.52. The molecule has 128 valence electrons. The van der Waals surface area contributed by atoms with Gasteiger partial charge in [0.05, 0.1) is 6.04 Å². The van der Waals surface area contributed by atoms with Gasteiger partial charge in [-0.25, -0.2) is 9.67 Å². The molecule has 2 heterocycles. The van der Waals surface area contributed by atoms with Crippen LogP contribution in [0.4, 0.5) is 0 Å². The van der Waals surface area contributed by atoms with E-state index in [1.165, 1.54) is 0 Å². The van der Waals surface area contributed by atoms with Gasteiger partial charge in [0.1, 0.15) is 18.4 Å². The zero-order valence-electron chi connectivity index (χ0n) is 13.9. The van der Waals surface area contributed by atoms with Crippen molar-refractivity contribution in [3.63, 3.8) is 0 Å². The van der Waals surface area contributed by atoms with E-state index < -0.39 is 5.60 Å². The number of halogens is 1. The smallest absolute Gasteiger partial charge is 0.266 e. The summed E-state index contributed by atoms with van der Waals surface area (Å²) in [5, 5.41) is 4.83. The summed E-state index contributed by atoms with van der Waals surface area (Å²) in [6, 6.07) is 7.35. The summed E-state index contributed by atoms with van der Waals surface area (Å²) in [6.45, 7) is 4.98. The van der Waals surface area contributed by atoms with Crippen LogP contribution >= 0.6 is 11.6 Å². The Morgan fingerprint density at radius 1 is 1.25 bits per heavy atom. The number of carbonyl (C=O) groups is 1. The molecule has 0 saturated carbocycles. The Morgan fingerprint density at radius 2 is 1.92 bits per heavy atom. The summed E-state index contributed by atoms with van der Waals surface area (Å²) in [5.74, 6) is 0.629. The summed E-state index contributed by atoms with van der Waals surface area (Å²) < 4.78 is 7.77. The predicted molar refractivity (Wildman–Crippen MR) is 91.0 cm³/mol. The average molecular weight is 349 g/mol. The van der Waals surface area contributed by atoms with Crippen molar-refractivity contribution in [1.82, 2.24) is 19.7 Å². The molecule has 24 heavy (non-hydrogen) atoms. The van der Waals surface area contributed by atoms with E-state index >= 15 is 0 Å². The molecule has 6 nitrogen and oxygen atoms in total. The topological polar surface area (TPSA) is 60.2 Å². The van der Waals surface area contributed by atoms with Gasteiger partial charge in [-0.15, -0.1) is 0 Å². The summed E-state index contributed by atoms with van der Waals surface area (Å²) in [4.78, 5) is 18.7. The molecule has 0 bridgehead atoms. The fourth-order valence-electron chi connectivity index (χ4n) is 2.96. The first-order chi connectivity index (χ1) is 11.5. The molecule has 1 aliphatic rings. The van der Waals surface area contributed by atoms with Gasteiger partial charge in [0.15, 0.2) is 5.60 Å². The molecule has 0 aliphatic carbocycles. The van der Waals surface area contributed by atoms with Crippen LogP contribution in [-0.4, -0.2) is 44.3 Å². The van der Waals surface area contributed by atoms with E-state index in [9.17, 15) is 4.79 Å². The Kier molecular flexibility index (Phi) is 4.76. The maximum atomic E-state index is 12.8. The van der Waals surface area contributed by atoms with Gasteiger partial charge in [0.2, 0.25) is 0 Å². The van der Waals surface area contributed by atoms with Crippen LogP contribution in [0.5, 0.6) is 5.75 Å². The van der Waals surface area contributed by atoms with Gasteiger partial charge in [0, 0.05) is 18.1 Å². The quantitative estimate of drug-likeness (QED) is 0.852. The van der Waals surface area contributed by atoms with Crippen LogP contribution in [0.25, 0.3) is 0 Å². The standard InChI is InChI=1S/C17H21ClN4O2/c1-17(2,24-15-5-3-13(18)4-6-15)16(23)21-9-7-14(8-10-21)22-12-19-11-20-22/h3-6,11-12,14H,7-10H2,1-2H3. The van der Waals surface area contributed by atoms with Crippen molar-refractivity contribution in [2.75, 3.05) is 13.1 Å². The second kappa shape index (κ2) is 6.81. The highest BCUT2D eigenvalue weighted by Crippen LogP contribution is 2.26. The molecule has 7 heteroatoms. The van der Waals surface area contributed by atoms with Crippen molar-refractivity contribution in [1.29, 1.82) is 0 Å². The Labute approximate surface area is 146 Å². The lowest BCUT2D eigenvalue weighted by atomic mass is 10.0. The van der Waals surface area contributed by atoms with Crippen LogP contribution in [0.3, 0.4) is 0 Å². The minimum Gasteiger partial charge on any atom is -0.478 e. The largest absolute Gasteiger partial charge is 0.478 e. The molecule has 1 aromatic carbocycles. The fraction of sp³-hybridized carbons (Fsp3) is 0.471. The second-order valence-electron chi connectivity index (χ2n) is 6.47. The van der Waals surface area contributed by atoms with Crippen molar-refractivity contribution in [2.45, 2.75) is 38.3 Å². The Hall–Kier alpha value is -2.08. The lowest BCUT2D eigenvalue weighted by Crippen LogP contribution is -2.51. The number of ether oxygens (including phenoxy) is 1. The summed E-state index contributed by atoms with van der Waals surface area (Å²) >= 11 is 5.88. The number of carbonyl (C=O) groups excluding carboxylic acids is 1. The molecule has 1 saturated heterocycles. The molecular formula is C17H21ClN4O2. The van der Waals surface area contributed by atoms with Gasteiger partial charge >= 0.3 is 0 Å². The molecule has 1 aliphatic heterocycles. The van der Waals surface area contributed by atoms with E-state index in [1.54, 1.807) is 50.8 Å². The van der Waals surface area contributed by atoms with Crippen LogP contribution in [0, 0.1) is 0 Å². The monoisotopic (exact) mass is 348 g/mol. The van der Waals surface area contributed by atoms with Gasteiger partial charge in [-0.1, -0.05) is 11.6 Å². The number of hydrogen-bond donors (Lipinski definition) is 0. The molecule has 0 atom stereocenters. The van der Waals surface area contributed by atoms with Crippen LogP contribution in [0.1, 0.15) is 32.7 Å². The normalized spacial score (nSPS) is 16.2. The van der Waals surface area contributed by atoms with Gasteiger partial charge < -0.3 is 9.64 Å². The van der Waals surface area contributed by atoms with Crippen LogP contribution in [0.15, 0.2) is 36.9 Å². The zero-order chi connectivity index (χ0) is 17.2. The van der Waals surface area contributed by atoms with Crippen LogP contribution in [0.2, 0.25) is 5.02 Å². The Bertz CT molecular complexity index is 677. The first kappa shape index (κ1) is 16.8. The molecule has 3 rings (SSSR count). The van der Waals surface area contributed by atoms with E-state index in [0.717, 1.165) is 12.8 Å². The maximum absolute atomic E-state index is 12.8. The van der Waals surface area contributed by atoms with Crippen molar-refractivity contribution >= 4 is 17.5 Å². The fourth-order valence-corrected chi connectivity index (χ4v) is 3.09. The minimum absolute atomic E-state index is 0.00510. The van der Waals surface area contributed by atoms with E-state index in [-0.39, 0.29) is 5.91 Å². The van der Waals surface area contributed by atoms with Crippen LogP contribution in [-0.2, 0) is 4.79 Å². The number of amides is 1. The third-order valence-electron chi connectivity index (χ3n) is 4.26. The van der Waals surface area contributed by atoms with E-state index in [0.29, 0.717) is 29.9 Å². The van der Waals surface area contributed by atoms with Gasteiger partial charge in [-0.3, -0.25) is 4.79 Å². The van der Waals surface area contributed by atoms with Crippen molar-refractivity contribution in [3.05, 3.63) is 41.9 Å². The highest BCUT2D eigenvalue weighted by Gasteiger charge is 2.36. The summed E-state index contributed by atoms with van der Waals surface area (Å²) in [5.41, 5.74) is -0.923. The number of rotatable bonds is 4. The molecule has 0 unspecified atom stereocenters. The first-order valence-electron chi connectivity index (χ1n) is 8.04. The van der Waals surface area contributed by atoms with Crippen molar-refractivity contribution in [2.24, 2.45) is 0 Å². The minimum atomic E-state index is -0.923. The highest BCUT2D eigenvalue weighted by molar-refractivity contribution is 6.30. The lowest BCUT2D eigenvalue weighted by molar-refractivity contribution is -0.146. The molecule has 1 aromatic heterocycles. The summed E-state index contributed by atoms with van der Waals surface area (Å²) in [6.07, 6.45) is 5.01. The van der Waals surface area contributed by atoms with E-state index in [1.807, 2.05) is 9.58 Å². The van der Waals surface area contributed by atoms with Gasteiger partial charge in [-0.05, 0) is 51.0 Å². The Morgan fingerprint density at radius 3 is 2.50 bits per heavy atom. The number of benzene rings is 1. The summed E-state index contributed by atoms with van der Waals surface area (Å²) in [7, 11) is 0. The zero-order valence-corrected chi connectivity index (χ0v) is 14.6. The number of nitrogens with zero attached hydrogens (tertiary/aromatic N) is 4. The first-order valence-corrected chi connectivity index (χ1v) is 8.41. The van der Waals surface area contributed by atoms with Crippen molar-refractivity contribution in [3.8, 4) is 5.75 Å². The van der Waals surface area contributed by atoms with Crippen molar-refractivity contribution < 1.29 is 9.53 Å². The molecule has 0 N–H and O–H groups in total. The number of likely N-dealkylation sites (tertiary alicyclic amines) is 1.